The predicted octanol–water partition coefficient (Wildman–Crippen LogP) is 3.02. The lowest BCUT2D eigenvalue weighted by Gasteiger charge is -2.15. The van der Waals surface area contributed by atoms with E-state index in [1.165, 1.54) is 0 Å². The highest BCUT2D eigenvalue weighted by Gasteiger charge is 2.14. The van der Waals surface area contributed by atoms with Gasteiger partial charge in [0.05, 0.1) is 13.2 Å². The minimum atomic E-state index is -0.326. The molecular formula is C12H15BrN2O. The molecule has 0 aliphatic carbocycles. The van der Waals surface area contributed by atoms with E-state index in [1.807, 2.05) is 18.2 Å². The van der Waals surface area contributed by atoms with Crippen molar-refractivity contribution in [2.45, 2.75) is 19.4 Å². The van der Waals surface area contributed by atoms with Gasteiger partial charge < -0.3 is 4.74 Å². The van der Waals surface area contributed by atoms with Crippen molar-refractivity contribution in [3.8, 4) is 11.8 Å². The van der Waals surface area contributed by atoms with Crippen LogP contribution in [0.15, 0.2) is 22.7 Å². The Morgan fingerprint density at radius 1 is 1.56 bits per heavy atom. The van der Waals surface area contributed by atoms with Crippen LogP contribution in [0.25, 0.3) is 0 Å². The molecule has 1 rings (SSSR count). The third-order valence-electron chi connectivity index (χ3n) is 2.23. The van der Waals surface area contributed by atoms with Crippen LogP contribution >= 0.6 is 15.9 Å². The van der Waals surface area contributed by atoms with E-state index in [1.54, 1.807) is 7.11 Å². The summed E-state index contributed by atoms with van der Waals surface area (Å²) in [4.78, 5) is 0. The highest BCUT2D eigenvalue weighted by molar-refractivity contribution is 9.10. The molecule has 0 amide bonds. The van der Waals surface area contributed by atoms with Gasteiger partial charge in [0.15, 0.2) is 0 Å². The van der Waals surface area contributed by atoms with Crippen LogP contribution in [-0.4, -0.2) is 13.7 Å². The molecule has 1 aromatic carbocycles. The van der Waals surface area contributed by atoms with Gasteiger partial charge in [-0.05, 0) is 31.2 Å². The molecule has 0 spiro atoms. The molecule has 1 unspecified atom stereocenters. The van der Waals surface area contributed by atoms with Gasteiger partial charge in [-0.1, -0.05) is 22.9 Å². The Morgan fingerprint density at radius 3 is 2.88 bits per heavy atom. The first-order valence-electron chi connectivity index (χ1n) is 5.19. The molecular weight excluding hydrogens is 268 g/mol. The van der Waals surface area contributed by atoms with Crippen molar-refractivity contribution < 1.29 is 4.74 Å². The second kappa shape index (κ2) is 6.51. The number of hydrogen-bond acceptors (Lipinski definition) is 3. The topological polar surface area (TPSA) is 45.0 Å². The molecule has 16 heavy (non-hydrogen) atoms. The van der Waals surface area contributed by atoms with Crippen molar-refractivity contribution in [2.75, 3.05) is 13.7 Å². The van der Waals surface area contributed by atoms with Crippen molar-refractivity contribution in [1.82, 2.24) is 5.32 Å². The van der Waals surface area contributed by atoms with Crippen LogP contribution in [0.5, 0.6) is 5.75 Å². The summed E-state index contributed by atoms with van der Waals surface area (Å²) >= 11 is 3.40. The monoisotopic (exact) mass is 282 g/mol. The molecule has 0 aliphatic heterocycles. The molecule has 1 aromatic rings. The first-order valence-corrected chi connectivity index (χ1v) is 5.98. The van der Waals surface area contributed by atoms with Crippen molar-refractivity contribution in [2.24, 2.45) is 0 Å². The van der Waals surface area contributed by atoms with Crippen LogP contribution in [0.4, 0.5) is 0 Å². The summed E-state index contributed by atoms with van der Waals surface area (Å²) in [5, 5.41) is 12.3. The fourth-order valence-electron chi connectivity index (χ4n) is 1.44. The predicted molar refractivity (Wildman–Crippen MR) is 67.3 cm³/mol. The van der Waals surface area contributed by atoms with Crippen LogP contribution in [0, 0.1) is 11.3 Å². The zero-order valence-corrected chi connectivity index (χ0v) is 11.0. The molecule has 0 aromatic heterocycles. The van der Waals surface area contributed by atoms with E-state index in [0.29, 0.717) is 0 Å². The number of methoxy groups -OCH3 is 1. The standard InChI is InChI=1S/C12H15BrN2O/c1-3-6-15-11(8-14)10-7-9(13)4-5-12(10)16-2/h4-5,7,11,15H,3,6H2,1-2H3. The molecule has 0 fully saturated rings. The molecule has 0 saturated heterocycles. The number of nitriles is 1. The average molecular weight is 283 g/mol. The highest BCUT2D eigenvalue weighted by atomic mass is 79.9. The summed E-state index contributed by atoms with van der Waals surface area (Å²) in [5.41, 5.74) is 0.868. The van der Waals surface area contributed by atoms with E-state index in [-0.39, 0.29) is 6.04 Å². The number of ether oxygens (including phenoxy) is 1. The van der Waals surface area contributed by atoms with Gasteiger partial charge in [-0.25, -0.2) is 0 Å². The van der Waals surface area contributed by atoms with Crippen molar-refractivity contribution in [3.63, 3.8) is 0 Å². The van der Waals surface area contributed by atoms with Gasteiger partial charge in [0.2, 0.25) is 0 Å². The molecule has 0 aliphatic rings. The molecule has 0 radical (unpaired) electrons. The Hall–Kier alpha value is -1.05. The Labute approximate surface area is 105 Å². The number of halogens is 1. The van der Waals surface area contributed by atoms with Crippen LogP contribution in [0.2, 0.25) is 0 Å². The Morgan fingerprint density at radius 2 is 2.31 bits per heavy atom. The number of nitrogens with one attached hydrogen (secondary N) is 1. The fraction of sp³-hybridized carbons (Fsp3) is 0.417. The molecule has 3 nitrogen and oxygen atoms in total. The third kappa shape index (κ3) is 3.22. The minimum Gasteiger partial charge on any atom is -0.496 e. The van der Waals surface area contributed by atoms with E-state index in [2.05, 4.69) is 34.2 Å². The third-order valence-corrected chi connectivity index (χ3v) is 2.72. The molecule has 1 atom stereocenters. The molecule has 86 valence electrons. The summed E-state index contributed by atoms with van der Waals surface area (Å²) in [7, 11) is 1.61. The van der Waals surface area contributed by atoms with Gasteiger partial charge in [0.1, 0.15) is 11.8 Å². The summed E-state index contributed by atoms with van der Waals surface area (Å²) in [6.45, 7) is 2.88. The van der Waals surface area contributed by atoms with Gasteiger partial charge in [-0.3, -0.25) is 5.32 Å². The van der Waals surface area contributed by atoms with Crippen LogP contribution in [-0.2, 0) is 0 Å². The Kier molecular flexibility index (Phi) is 5.30. The second-order valence-corrected chi connectivity index (χ2v) is 4.32. The fourth-order valence-corrected chi connectivity index (χ4v) is 1.82. The molecule has 0 bridgehead atoms. The molecule has 0 saturated carbocycles. The van der Waals surface area contributed by atoms with Crippen LogP contribution in [0.3, 0.4) is 0 Å². The van der Waals surface area contributed by atoms with Crippen molar-refractivity contribution in [3.05, 3.63) is 28.2 Å². The zero-order valence-electron chi connectivity index (χ0n) is 9.46. The van der Waals surface area contributed by atoms with Gasteiger partial charge >= 0.3 is 0 Å². The lowest BCUT2D eigenvalue weighted by Crippen LogP contribution is -2.21. The largest absolute Gasteiger partial charge is 0.496 e. The lowest BCUT2D eigenvalue weighted by atomic mass is 10.1. The van der Waals surface area contributed by atoms with Gasteiger partial charge in [-0.2, -0.15) is 5.26 Å². The maximum Gasteiger partial charge on any atom is 0.124 e. The zero-order chi connectivity index (χ0) is 12.0. The smallest absolute Gasteiger partial charge is 0.124 e. The van der Waals surface area contributed by atoms with E-state index >= 15 is 0 Å². The van der Waals surface area contributed by atoms with Gasteiger partial charge in [0.25, 0.3) is 0 Å². The maximum absolute atomic E-state index is 9.13. The first-order chi connectivity index (χ1) is 7.72. The van der Waals surface area contributed by atoms with Gasteiger partial charge in [-0.15, -0.1) is 0 Å². The van der Waals surface area contributed by atoms with E-state index in [9.17, 15) is 0 Å². The quantitative estimate of drug-likeness (QED) is 0.903. The molecule has 0 heterocycles. The number of benzene rings is 1. The van der Waals surface area contributed by atoms with Crippen molar-refractivity contribution >= 4 is 15.9 Å². The number of rotatable bonds is 5. The van der Waals surface area contributed by atoms with Gasteiger partial charge in [0, 0.05) is 10.0 Å². The molecule has 4 heteroatoms. The van der Waals surface area contributed by atoms with E-state index < -0.39 is 0 Å². The maximum atomic E-state index is 9.13. The van der Waals surface area contributed by atoms with E-state index in [0.717, 1.165) is 28.8 Å². The van der Waals surface area contributed by atoms with Crippen LogP contribution in [0.1, 0.15) is 24.9 Å². The summed E-state index contributed by atoms with van der Waals surface area (Å²) in [5.74, 6) is 0.735. The summed E-state index contributed by atoms with van der Waals surface area (Å²) in [6.07, 6.45) is 0.995. The van der Waals surface area contributed by atoms with Crippen molar-refractivity contribution in [1.29, 1.82) is 5.26 Å². The number of nitrogens with zero attached hydrogens (tertiary/aromatic N) is 1. The second-order valence-electron chi connectivity index (χ2n) is 3.40. The van der Waals surface area contributed by atoms with E-state index in [4.69, 9.17) is 10.00 Å². The Bertz CT molecular complexity index is 387. The van der Waals surface area contributed by atoms with Crippen LogP contribution < -0.4 is 10.1 Å². The first kappa shape index (κ1) is 13.0. The lowest BCUT2D eigenvalue weighted by molar-refractivity contribution is 0.405. The number of hydrogen-bond donors (Lipinski definition) is 1. The normalized spacial score (nSPS) is 11.9. The minimum absolute atomic E-state index is 0.326. The summed E-state index contributed by atoms with van der Waals surface area (Å²) < 4.78 is 6.20. The molecule has 1 N–H and O–H groups in total. The SMILES string of the molecule is CCCNC(C#N)c1cc(Br)ccc1OC. The Balaban J connectivity index is 2.98. The average Bonchev–Trinajstić information content (AvgIpc) is 2.30. The highest BCUT2D eigenvalue weighted by Crippen LogP contribution is 2.28. The summed E-state index contributed by atoms with van der Waals surface area (Å²) in [6, 6.07) is 7.59.